The molecule has 1 aliphatic rings. The number of piperidine rings is 1. The van der Waals surface area contributed by atoms with E-state index in [-0.39, 0.29) is 5.91 Å². The molecule has 0 spiro atoms. The number of hydrogen-bond donors (Lipinski definition) is 0. The van der Waals surface area contributed by atoms with Crippen molar-refractivity contribution >= 4 is 5.91 Å². The average Bonchev–Trinajstić information content (AvgIpc) is 2.62. The quantitative estimate of drug-likeness (QED) is 0.866. The Balaban J connectivity index is 1.81. The molecule has 0 unspecified atom stereocenters. The molecule has 1 saturated heterocycles. The molecule has 120 valence electrons. The van der Waals surface area contributed by atoms with Gasteiger partial charge in [0.05, 0.1) is 0 Å². The van der Waals surface area contributed by atoms with Gasteiger partial charge >= 0.3 is 0 Å². The Kier molecular flexibility index (Phi) is 4.77. The molecule has 0 aromatic heterocycles. The predicted molar refractivity (Wildman–Crippen MR) is 94.5 cm³/mol. The summed E-state index contributed by atoms with van der Waals surface area (Å²) in [5.41, 5.74) is 2.93. The smallest absolute Gasteiger partial charge is 0.254 e. The van der Waals surface area contributed by atoms with E-state index in [9.17, 15) is 4.79 Å². The van der Waals surface area contributed by atoms with Crippen molar-refractivity contribution < 1.29 is 4.79 Å². The van der Waals surface area contributed by atoms with E-state index in [0.29, 0.717) is 6.04 Å². The average molecular weight is 308 g/mol. The number of rotatable bonds is 3. The van der Waals surface area contributed by atoms with Crippen LogP contribution in [0, 0.1) is 0 Å². The molecule has 0 bridgehead atoms. The van der Waals surface area contributed by atoms with E-state index in [0.717, 1.165) is 42.6 Å². The van der Waals surface area contributed by atoms with Crippen LogP contribution in [0.25, 0.3) is 11.1 Å². The summed E-state index contributed by atoms with van der Waals surface area (Å²) in [6.45, 7) is 1.68. The van der Waals surface area contributed by atoms with E-state index in [1.54, 1.807) is 0 Å². The van der Waals surface area contributed by atoms with E-state index < -0.39 is 0 Å². The fourth-order valence-electron chi connectivity index (χ4n) is 3.29. The molecule has 3 nitrogen and oxygen atoms in total. The van der Waals surface area contributed by atoms with Gasteiger partial charge in [-0.15, -0.1) is 0 Å². The standard InChI is InChI=1S/C20H24N2O/c1-21(2)17-12-14-22(15-13-17)20(23)19-11-7-6-10-18(19)16-8-4-3-5-9-16/h3-11,17H,12-15H2,1-2H3. The van der Waals surface area contributed by atoms with E-state index in [1.165, 1.54) is 0 Å². The van der Waals surface area contributed by atoms with Crippen LogP contribution in [0.2, 0.25) is 0 Å². The van der Waals surface area contributed by atoms with Crippen LogP contribution in [0.4, 0.5) is 0 Å². The molecule has 1 amide bonds. The topological polar surface area (TPSA) is 23.6 Å². The molecule has 0 aliphatic carbocycles. The lowest BCUT2D eigenvalue weighted by Crippen LogP contribution is -2.44. The van der Waals surface area contributed by atoms with Crippen molar-refractivity contribution in [1.82, 2.24) is 9.80 Å². The second kappa shape index (κ2) is 6.97. The largest absolute Gasteiger partial charge is 0.339 e. The van der Waals surface area contributed by atoms with Crippen LogP contribution in [0.15, 0.2) is 54.6 Å². The minimum atomic E-state index is 0.154. The third-order valence-electron chi connectivity index (χ3n) is 4.72. The molecular weight excluding hydrogens is 284 g/mol. The van der Waals surface area contributed by atoms with Gasteiger partial charge < -0.3 is 9.80 Å². The lowest BCUT2D eigenvalue weighted by atomic mass is 9.97. The van der Waals surface area contributed by atoms with Gasteiger partial charge in [-0.1, -0.05) is 48.5 Å². The molecule has 3 rings (SSSR count). The number of hydrogen-bond acceptors (Lipinski definition) is 2. The number of likely N-dealkylation sites (tertiary alicyclic amines) is 1. The zero-order valence-electron chi connectivity index (χ0n) is 13.9. The molecule has 1 aliphatic heterocycles. The maximum atomic E-state index is 13.0. The molecule has 0 N–H and O–H groups in total. The Morgan fingerprint density at radius 1 is 0.957 bits per heavy atom. The molecule has 23 heavy (non-hydrogen) atoms. The van der Waals surface area contributed by atoms with Crippen LogP contribution >= 0.6 is 0 Å². The second-order valence-electron chi connectivity index (χ2n) is 6.40. The summed E-state index contributed by atoms with van der Waals surface area (Å²) in [5.74, 6) is 0.154. The highest BCUT2D eigenvalue weighted by atomic mass is 16.2. The molecule has 2 aromatic rings. The minimum Gasteiger partial charge on any atom is -0.339 e. The molecule has 0 radical (unpaired) electrons. The van der Waals surface area contributed by atoms with Crippen LogP contribution in [-0.4, -0.2) is 48.9 Å². The van der Waals surface area contributed by atoms with Gasteiger partial charge in [-0.3, -0.25) is 4.79 Å². The zero-order valence-corrected chi connectivity index (χ0v) is 13.9. The number of benzene rings is 2. The number of carbonyl (C=O) groups excluding carboxylic acids is 1. The summed E-state index contributed by atoms with van der Waals surface area (Å²) in [5, 5.41) is 0. The summed E-state index contributed by atoms with van der Waals surface area (Å²) in [7, 11) is 4.24. The first-order valence-electron chi connectivity index (χ1n) is 8.27. The van der Waals surface area contributed by atoms with Crippen LogP contribution in [0.1, 0.15) is 23.2 Å². The van der Waals surface area contributed by atoms with Crippen LogP contribution in [0.5, 0.6) is 0 Å². The Labute approximate surface area is 138 Å². The third-order valence-corrected chi connectivity index (χ3v) is 4.72. The first-order valence-corrected chi connectivity index (χ1v) is 8.27. The molecule has 1 heterocycles. The summed E-state index contributed by atoms with van der Waals surface area (Å²) < 4.78 is 0. The molecule has 3 heteroatoms. The van der Waals surface area contributed by atoms with Gasteiger partial charge in [-0.2, -0.15) is 0 Å². The van der Waals surface area contributed by atoms with E-state index in [4.69, 9.17) is 0 Å². The lowest BCUT2D eigenvalue weighted by molar-refractivity contribution is 0.0664. The SMILES string of the molecule is CN(C)C1CCN(C(=O)c2ccccc2-c2ccccc2)CC1. The minimum absolute atomic E-state index is 0.154. The van der Waals surface area contributed by atoms with Crippen molar-refractivity contribution in [3.05, 3.63) is 60.2 Å². The van der Waals surface area contributed by atoms with Crippen molar-refractivity contribution in [2.45, 2.75) is 18.9 Å². The molecule has 2 aromatic carbocycles. The second-order valence-corrected chi connectivity index (χ2v) is 6.40. The van der Waals surface area contributed by atoms with E-state index in [1.807, 2.05) is 47.4 Å². The molecule has 0 atom stereocenters. The van der Waals surface area contributed by atoms with Crippen molar-refractivity contribution in [3.8, 4) is 11.1 Å². The summed E-state index contributed by atoms with van der Waals surface area (Å²) in [6, 6.07) is 18.7. The Morgan fingerprint density at radius 3 is 2.22 bits per heavy atom. The molecule has 0 saturated carbocycles. The maximum Gasteiger partial charge on any atom is 0.254 e. The Hall–Kier alpha value is -2.13. The van der Waals surface area contributed by atoms with Crippen molar-refractivity contribution in [1.29, 1.82) is 0 Å². The molecule has 1 fully saturated rings. The summed E-state index contributed by atoms with van der Waals surface area (Å²) in [6.07, 6.45) is 2.10. The summed E-state index contributed by atoms with van der Waals surface area (Å²) in [4.78, 5) is 17.2. The fraction of sp³-hybridized carbons (Fsp3) is 0.350. The van der Waals surface area contributed by atoms with Crippen molar-refractivity contribution in [2.75, 3.05) is 27.2 Å². The maximum absolute atomic E-state index is 13.0. The third kappa shape index (κ3) is 3.45. The van der Waals surface area contributed by atoms with Crippen LogP contribution in [0.3, 0.4) is 0 Å². The van der Waals surface area contributed by atoms with Crippen LogP contribution in [-0.2, 0) is 0 Å². The Morgan fingerprint density at radius 2 is 1.57 bits per heavy atom. The Bertz CT molecular complexity index is 658. The predicted octanol–water partition coefficient (Wildman–Crippen LogP) is 3.52. The van der Waals surface area contributed by atoms with Gasteiger partial charge in [-0.05, 0) is 44.1 Å². The van der Waals surface area contributed by atoms with Gasteiger partial charge in [0.2, 0.25) is 0 Å². The van der Waals surface area contributed by atoms with Crippen LogP contribution < -0.4 is 0 Å². The van der Waals surface area contributed by atoms with Gasteiger partial charge in [-0.25, -0.2) is 0 Å². The summed E-state index contributed by atoms with van der Waals surface area (Å²) >= 11 is 0. The monoisotopic (exact) mass is 308 g/mol. The molecular formula is C20H24N2O. The number of nitrogens with zero attached hydrogens (tertiary/aromatic N) is 2. The van der Waals surface area contributed by atoms with E-state index >= 15 is 0 Å². The van der Waals surface area contributed by atoms with Crippen molar-refractivity contribution in [2.24, 2.45) is 0 Å². The number of amides is 1. The normalized spacial score (nSPS) is 15.9. The highest BCUT2D eigenvalue weighted by molar-refractivity contribution is 6.00. The first-order chi connectivity index (χ1) is 11.2. The van der Waals surface area contributed by atoms with Gasteiger partial charge in [0.25, 0.3) is 5.91 Å². The zero-order chi connectivity index (χ0) is 16.2. The first kappa shape index (κ1) is 15.8. The highest BCUT2D eigenvalue weighted by Crippen LogP contribution is 2.26. The van der Waals surface area contributed by atoms with E-state index in [2.05, 4.69) is 31.1 Å². The van der Waals surface area contributed by atoms with Gasteiger partial charge in [0.15, 0.2) is 0 Å². The van der Waals surface area contributed by atoms with Gasteiger partial charge in [0.1, 0.15) is 0 Å². The van der Waals surface area contributed by atoms with Crippen molar-refractivity contribution in [3.63, 3.8) is 0 Å². The van der Waals surface area contributed by atoms with Gasteiger partial charge in [0, 0.05) is 24.7 Å². The lowest BCUT2D eigenvalue weighted by Gasteiger charge is -2.35. The number of carbonyl (C=O) groups is 1. The highest BCUT2D eigenvalue weighted by Gasteiger charge is 2.25. The fourth-order valence-corrected chi connectivity index (χ4v) is 3.29.